The number of carboxylic acids is 1. The van der Waals surface area contributed by atoms with Crippen LogP contribution in [0.25, 0.3) is 0 Å². The van der Waals surface area contributed by atoms with Crippen molar-refractivity contribution in [1.82, 2.24) is 10.3 Å². The van der Waals surface area contributed by atoms with Gasteiger partial charge in [-0.3, -0.25) is 9.78 Å². The van der Waals surface area contributed by atoms with Crippen LogP contribution in [-0.4, -0.2) is 34.6 Å². The molecule has 1 atom stereocenters. The van der Waals surface area contributed by atoms with Crippen molar-refractivity contribution in [1.29, 1.82) is 0 Å². The largest absolute Gasteiger partial charge is 0.494 e. The van der Waals surface area contributed by atoms with Crippen molar-refractivity contribution in [2.24, 2.45) is 0 Å². The van der Waals surface area contributed by atoms with E-state index in [9.17, 15) is 32.3 Å². The molecule has 39 heavy (non-hydrogen) atoms. The Hall–Kier alpha value is -3.95. The van der Waals surface area contributed by atoms with Gasteiger partial charge in [0.05, 0.1) is 17.7 Å². The van der Waals surface area contributed by atoms with Crippen LogP contribution in [0.1, 0.15) is 57.7 Å². The van der Waals surface area contributed by atoms with Crippen LogP contribution in [0.15, 0.2) is 54.6 Å². The fourth-order valence-corrected chi connectivity index (χ4v) is 4.59. The van der Waals surface area contributed by atoms with E-state index >= 15 is 0 Å². The first kappa shape index (κ1) is 28.1. The van der Waals surface area contributed by atoms with E-state index in [1.165, 1.54) is 24.1 Å². The van der Waals surface area contributed by atoms with Crippen LogP contribution in [0.5, 0.6) is 5.75 Å². The quantitative estimate of drug-likeness (QED) is 0.258. The number of fused-ring (bicyclic) bond motifs is 1. The summed E-state index contributed by atoms with van der Waals surface area (Å²) in [5, 5.41) is 11.5. The highest BCUT2D eigenvalue weighted by Crippen LogP contribution is 2.33. The molecule has 6 nitrogen and oxygen atoms in total. The number of ether oxygens (including phenoxy) is 1. The van der Waals surface area contributed by atoms with Gasteiger partial charge in [0, 0.05) is 17.8 Å². The van der Waals surface area contributed by atoms with Gasteiger partial charge in [-0.1, -0.05) is 24.3 Å². The number of carbonyl (C=O) groups excluding carboxylic acids is 1. The van der Waals surface area contributed by atoms with Crippen molar-refractivity contribution >= 4 is 11.9 Å². The standard InChI is InChI=1S/C29H28F4N2O4/c30-23-8-3-7-22(29(31,32)33)26(23)27(36)35-25(28(37)38)17-18-10-14-21(15-11-18)39-16-4-6-20-13-12-19-5-1-2-9-24(19)34-20/h3,7-8,10-15,25H,1-2,4-6,9,16-17H2,(H,35,36)(H,37,38)/t25-/m0/s1. The number of hydrogen-bond donors (Lipinski definition) is 2. The second-order valence-electron chi connectivity index (χ2n) is 9.44. The van der Waals surface area contributed by atoms with Crippen LogP contribution in [-0.2, 0) is 36.7 Å². The monoisotopic (exact) mass is 544 g/mol. The highest BCUT2D eigenvalue weighted by atomic mass is 19.4. The number of aryl methyl sites for hydroxylation is 3. The Morgan fingerprint density at radius 1 is 1.03 bits per heavy atom. The van der Waals surface area contributed by atoms with Crippen molar-refractivity contribution in [3.05, 3.63) is 94.1 Å². The molecule has 10 heteroatoms. The molecule has 206 valence electrons. The number of halogens is 4. The molecule has 1 amide bonds. The van der Waals surface area contributed by atoms with Gasteiger partial charge < -0.3 is 15.2 Å². The molecule has 1 heterocycles. The van der Waals surface area contributed by atoms with E-state index in [2.05, 4.69) is 12.1 Å². The number of benzene rings is 2. The zero-order valence-electron chi connectivity index (χ0n) is 21.1. The highest BCUT2D eigenvalue weighted by Gasteiger charge is 2.37. The SMILES string of the molecule is O=C(N[C@@H](Cc1ccc(OCCCc2ccc3c(n2)CCCC3)cc1)C(=O)O)c1c(F)cccc1C(F)(F)F. The van der Waals surface area contributed by atoms with E-state index in [0.29, 0.717) is 30.1 Å². The molecule has 0 saturated carbocycles. The third-order valence-corrected chi connectivity index (χ3v) is 6.59. The molecule has 0 unspecified atom stereocenters. The predicted octanol–water partition coefficient (Wildman–Crippen LogP) is 5.56. The van der Waals surface area contributed by atoms with E-state index < -0.39 is 41.0 Å². The molecule has 2 aromatic carbocycles. The minimum atomic E-state index is -4.99. The van der Waals surface area contributed by atoms with E-state index in [0.717, 1.165) is 37.4 Å². The second kappa shape index (κ2) is 12.3. The molecule has 0 radical (unpaired) electrons. The maximum atomic E-state index is 14.1. The Labute approximate surface area is 223 Å². The number of carbonyl (C=O) groups is 2. The van der Waals surface area contributed by atoms with Crippen molar-refractivity contribution in [2.45, 2.75) is 57.2 Å². The lowest BCUT2D eigenvalue weighted by molar-refractivity contribution is -0.139. The zero-order valence-corrected chi connectivity index (χ0v) is 21.1. The van der Waals surface area contributed by atoms with Gasteiger partial charge in [-0.25, -0.2) is 9.18 Å². The number of aromatic nitrogens is 1. The van der Waals surface area contributed by atoms with Crippen LogP contribution in [0.3, 0.4) is 0 Å². The molecule has 2 N–H and O–H groups in total. The number of nitrogens with zero attached hydrogens (tertiary/aromatic N) is 1. The summed E-state index contributed by atoms with van der Waals surface area (Å²) < 4.78 is 59.6. The third-order valence-electron chi connectivity index (χ3n) is 6.59. The van der Waals surface area contributed by atoms with Gasteiger partial charge in [0.25, 0.3) is 5.91 Å². The minimum Gasteiger partial charge on any atom is -0.494 e. The lowest BCUT2D eigenvalue weighted by Crippen LogP contribution is -2.43. The van der Waals surface area contributed by atoms with Crippen LogP contribution < -0.4 is 10.1 Å². The van der Waals surface area contributed by atoms with E-state index in [1.54, 1.807) is 24.3 Å². The third kappa shape index (κ3) is 7.34. The summed E-state index contributed by atoms with van der Waals surface area (Å²) >= 11 is 0. The summed E-state index contributed by atoms with van der Waals surface area (Å²) in [7, 11) is 0. The summed E-state index contributed by atoms with van der Waals surface area (Å²) in [4.78, 5) is 29.0. The summed E-state index contributed by atoms with van der Waals surface area (Å²) in [5.41, 5.74) is 1.34. The Morgan fingerprint density at radius 2 is 1.77 bits per heavy atom. The Morgan fingerprint density at radius 3 is 2.49 bits per heavy atom. The Kier molecular flexibility index (Phi) is 8.83. The van der Waals surface area contributed by atoms with Crippen LogP contribution >= 0.6 is 0 Å². The fraction of sp³-hybridized carbons (Fsp3) is 0.345. The average Bonchev–Trinajstić information content (AvgIpc) is 2.90. The van der Waals surface area contributed by atoms with Gasteiger partial charge >= 0.3 is 12.1 Å². The fourth-order valence-electron chi connectivity index (χ4n) is 4.59. The molecule has 1 aromatic heterocycles. The van der Waals surface area contributed by atoms with Crippen LogP contribution in [0.4, 0.5) is 17.6 Å². The number of aliphatic carboxylic acids is 1. The lowest BCUT2D eigenvalue weighted by atomic mass is 9.95. The van der Waals surface area contributed by atoms with Crippen molar-refractivity contribution in [2.75, 3.05) is 6.61 Å². The van der Waals surface area contributed by atoms with Gasteiger partial charge in [-0.15, -0.1) is 0 Å². The van der Waals surface area contributed by atoms with Gasteiger partial charge in [-0.05, 0) is 80.0 Å². The molecule has 1 aliphatic rings. The normalized spacial score (nSPS) is 13.8. The van der Waals surface area contributed by atoms with Crippen LogP contribution in [0, 0.1) is 5.82 Å². The van der Waals surface area contributed by atoms with E-state index in [-0.39, 0.29) is 6.42 Å². The van der Waals surface area contributed by atoms with Gasteiger partial charge in [0.1, 0.15) is 17.6 Å². The van der Waals surface area contributed by atoms with Crippen molar-refractivity contribution < 1.29 is 37.0 Å². The summed E-state index contributed by atoms with van der Waals surface area (Å²) in [6.07, 6.45) is 0.832. The van der Waals surface area contributed by atoms with Gasteiger partial charge in [-0.2, -0.15) is 13.2 Å². The zero-order chi connectivity index (χ0) is 28.0. The first-order valence-corrected chi connectivity index (χ1v) is 12.7. The van der Waals surface area contributed by atoms with Crippen molar-refractivity contribution in [3.63, 3.8) is 0 Å². The lowest BCUT2D eigenvalue weighted by Gasteiger charge is -2.18. The number of amides is 1. The van der Waals surface area contributed by atoms with E-state index in [1.807, 2.05) is 5.32 Å². The van der Waals surface area contributed by atoms with Crippen LogP contribution in [0.2, 0.25) is 0 Å². The minimum absolute atomic E-state index is 0.221. The smallest absolute Gasteiger partial charge is 0.417 e. The van der Waals surface area contributed by atoms with E-state index in [4.69, 9.17) is 9.72 Å². The summed E-state index contributed by atoms with van der Waals surface area (Å²) in [6, 6.07) is 11.3. The first-order valence-electron chi connectivity index (χ1n) is 12.7. The number of rotatable bonds is 10. The number of pyridine rings is 1. The summed E-state index contributed by atoms with van der Waals surface area (Å²) in [6.45, 7) is 0.454. The molecular formula is C29H28F4N2O4. The molecule has 0 saturated heterocycles. The number of hydrogen-bond acceptors (Lipinski definition) is 4. The molecule has 1 aliphatic carbocycles. The topological polar surface area (TPSA) is 88.5 Å². The number of alkyl halides is 3. The molecule has 0 fully saturated rings. The Balaban J connectivity index is 1.31. The molecular weight excluding hydrogens is 516 g/mol. The predicted molar refractivity (Wildman–Crippen MR) is 135 cm³/mol. The Bertz CT molecular complexity index is 1330. The number of carboxylic acid groups (broad SMARTS) is 1. The molecule has 0 spiro atoms. The van der Waals surface area contributed by atoms with Crippen molar-refractivity contribution in [3.8, 4) is 5.75 Å². The number of nitrogens with one attached hydrogen (secondary N) is 1. The maximum Gasteiger partial charge on any atom is 0.417 e. The van der Waals surface area contributed by atoms with Gasteiger partial charge in [0.2, 0.25) is 0 Å². The molecule has 4 rings (SSSR count). The van der Waals surface area contributed by atoms with Gasteiger partial charge in [0.15, 0.2) is 0 Å². The average molecular weight is 545 g/mol. The molecule has 0 bridgehead atoms. The molecule has 0 aliphatic heterocycles. The highest BCUT2D eigenvalue weighted by molar-refractivity contribution is 5.98. The summed E-state index contributed by atoms with van der Waals surface area (Å²) in [5.74, 6) is -3.75. The molecule has 3 aromatic rings. The first-order chi connectivity index (χ1) is 18.6. The maximum absolute atomic E-state index is 14.1. The second-order valence-corrected chi connectivity index (χ2v) is 9.44.